The second-order valence-corrected chi connectivity index (χ2v) is 6.28. The summed E-state index contributed by atoms with van der Waals surface area (Å²) in [6.07, 6.45) is 2.67. The molecule has 0 saturated carbocycles. The molecular weight excluding hydrogens is 264 g/mol. The SMILES string of the molecule is Cc1ccc([C@H]2OCCC[C@@H]2C(=O)N2CC[C@@H](N)C2)cc1. The lowest BCUT2D eigenvalue weighted by atomic mass is 9.88. The summed E-state index contributed by atoms with van der Waals surface area (Å²) in [5.74, 6) is 0.153. The van der Waals surface area contributed by atoms with Crippen molar-refractivity contribution in [3.05, 3.63) is 35.4 Å². The van der Waals surface area contributed by atoms with Crippen molar-refractivity contribution < 1.29 is 9.53 Å². The van der Waals surface area contributed by atoms with E-state index < -0.39 is 0 Å². The third-order valence-electron chi connectivity index (χ3n) is 4.58. The monoisotopic (exact) mass is 288 g/mol. The molecule has 4 nitrogen and oxygen atoms in total. The molecule has 0 radical (unpaired) electrons. The number of rotatable bonds is 2. The van der Waals surface area contributed by atoms with Gasteiger partial charge in [0.05, 0.1) is 12.0 Å². The molecule has 2 heterocycles. The van der Waals surface area contributed by atoms with Gasteiger partial charge in [0.15, 0.2) is 0 Å². The molecule has 2 N–H and O–H groups in total. The van der Waals surface area contributed by atoms with Crippen LogP contribution in [0.4, 0.5) is 0 Å². The summed E-state index contributed by atoms with van der Waals surface area (Å²) in [7, 11) is 0. The number of carbonyl (C=O) groups is 1. The number of amides is 1. The van der Waals surface area contributed by atoms with Crippen LogP contribution in [0.5, 0.6) is 0 Å². The molecule has 0 aliphatic carbocycles. The summed E-state index contributed by atoms with van der Waals surface area (Å²) < 4.78 is 5.95. The molecule has 3 atom stereocenters. The average Bonchev–Trinajstić information content (AvgIpc) is 2.94. The summed E-state index contributed by atoms with van der Waals surface area (Å²) in [5, 5.41) is 0. The highest BCUT2D eigenvalue weighted by Crippen LogP contribution is 2.35. The van der Waals surface area contributed by atoms with E-state index in [1.807, 2.05) is 4.90 Å². The number of ether oxygens (including phenoxy) is 1. The molecule has 1 amide bonds. The number of benzene rings is 1. The van der Waals surface area contributed by atoms with E-state index in [1.54, 1.807) is 0 Å². The van der Waals surface area contributed by atoms with Crippen LogP contribution in [0.3, 0.4) is 0 Å². The quantitative estimate of drug-likeness (QED) is 0.906. The number of nitrogens with zero attached hydrogens (tertiary/aromatic N) is 1. The minimum Gasteiger partial charge on any atom is -0.373 e. The molecule has 0 spiro atoms. The van der Waals surface area contributed by atoms with E-state index in [2.05, 4.69) is 31.2 Å². The fourth-order valence-electron chi connectivity index (χ4n) is 3.34. The Morgan fingerprint density at radius 2 is 2.05 bits per heavy atom. The van der Waals surface area contributed by atoms with E-state index in [1.165, 1.54) is 5.56 Å². The first kappa shape index (κ1) is 14.5. The average molecular weight is 288 g/mol. The summed E-state index contributed by atoms with van der Waals surface area (Å²) in [6, 6.07) is 8.47. The minimum atomic E-state index is -0.108. The van der Waals surface area contributed by atoms with Gasteiger partial charge in [-0.15, -0.1) is 0 Å². The Labute approximate surface area is 126 Å². The van der Waals surface area contributed by atoms with Gasteiger partial charge >= 0.3 is 0 Å². The smallest absolute Gasteiger partial charge is 0.228 e. The molecule has 2 aliphatic rings. The Morgan fingerprint density at radius 3 is 2.71 bits per heavy atom. The van der Waals surface area contributed by atoms with Gasteiger partial charge in [-0.3, -0.25) is 4.79 Å². The van der Waals surface area contributed by atoms with Gasteiger partial charge in [-0.2, -0.15) is 0 Å². The largest absolute Gasteiger partial charge is 0.373 e. The number of likely N-dealkylation sites (tertiary alicyclic amines) is 1. The fraction of sp³-hybridized carbons (Fsp3) is 0.588. The van der Waals surface area contributed by atoms with E-state index in [-0.39, 0.29) is 24.0 Å². The van der Waals surface area contributed by atoms with E-state index in [4.69, 9.17) is 10.5 Å². The first-order chi connectivity index (χ1) is 10.1. The molecule has 0 aromatic heterocycles. The van der Waals surface area contributed by atoms with E-state index >= 15 is 0 Å². The normalized spacial score (nSPS) is 29.6. The van der Waals surface area contributed by atoms with Crippen molar-refractivity contribution in [1.29, 1.82) is 0 Å². The summed E-state index contributed by atoms with van der Waals surface area (Å²) in [4.78, 5) is 14.7. The zero-order chi connectivity index (χ0) is 14.8. The molecule has 3 rings (SSSR count). The van der Waals surface area contributed by atoms with Crippen LogP contribution in [0, 0.1) is 12.8 Å². The Hall–Kier alpha value is -1.39. The maximum atomic E-state index is 12.8. The highest BCUT2D eigenvalue weighted by atomic mass is 16.5. The molecule has 4 heteroatoms. The number of aryl methyl sites for hydroxylation is 1. The van der Waals surface area contributed by atoms with Crippen molar-refractivity contribution in [2.75, 3.05) is 19.7 Å². The molecule has 1 aromatic carbocycles. The van der Waals surface area contributed by atoms with Gasteiger partial charge < -0.3 is 15.4 Å². The summed E-state index contributed by atoms with van der Waals surface area (Å²) in [5.41, 5.74) is 8.27. The third-order valence-corrected chi connectivity index (χ3v) is 4.58. The lowest BCUT2D eigenvalue weighted by molar-refractivity contribution is -0.144. The number of hydrogen-bond donors (Lipinski definition) is 1. The van der Waals surface area contributed by atoms with Gasteiger partial charge in [0.1, 0.15) is 0 Å². The van der Waals surface area contributed by atoms with Crippen molar-refractivity contribution in [1.82, 2.24) is 4.90 Å². The topological polar surface area (TPSA) is 55.6 Å². The molecule has 2 saturated heterocycles. The molecule has 1 aromatic rings. The second kappa shape index (κ2) is 6.16. The number of nitrogens with two attached hydrogens (primary N) is 1. The van der Waals surface area contributed by atoms with Crippen molar-refractivity contribution in [3.63, 3.8) is 0 Å². The third kappa shape index (κ3) is 3.11. The highest BCUT2D eigenvalue weighted by Gasteiger charge is 2.37. The zero-order valence-corrected chi connectivity index (χ0v) is 12.6. The van der Waals surface area contributed by atoms with E-state index in [9.17, 15) is 4.79 Å². The van der Waals surface area contributed by atoms with Gasteiger partial charge in [-0.25, -0.2) is 0 Å². The maximum absolute atomic E-state index is 12.8. The molecule has 2 aliphatic heterocycles. The Bertz CT molecular complexity index is 500. The van der Waals surface area contributed by atoms with Crippen LogP contribution < -0.4 is 5.73 Å². The minimum absolute atomic E-state index is 0.0632. The Balaban J connectivity index is 1.78. The Kier molecular flexibility index (Phi) is 4.27. The standard InChI is InChI=1S/C17H24N2O2/c1-12-4-6-13(7-5-12)16-15(3-2-10-21-16)17(20)19-9-8-14(18)11-19/h4-7,14-16H,2-3,8-11,18H2,1H3/t14-,15+,16-/m1/s1. The van der Waals surface area contributed by atoms with Gasteiger partial charge in [-0.1, -0.05) is 29.8 Å². The molecule has 21 heavy (non-hydrogen) atoms. The van der Waals surface area contributed by atoms with Crippen LogP contribution in [0.25, 0.3) is 0 Å². The van der Waals surface area contributed by atoms with Crippen molar-refractivity contribution in [2.45, 2.75) is 38.3 Å². The van der Waals surface area contributed by atoms with Gasteiger partial charge in [-0.05, 0) is 31.7 Å². The summed E-state index contributed by atoms with van der Waals surface area (Å²) >= 11 is 0. The van der Waals surface area contributed by atoms with E-state index in [0.29, 0.717) is 6.54 Å². The van der Waals surface area contributed by atoms with Crippen molar-refractivity contribution in [2.24, 2.45) is 11.7 Å². The van der Waals surface area contributed by atoms with Crippen LogP contribution >= 0.6 is 0 Å². The number of carbonyl (C=O) groups excluding carboxylic acids is 1. The highest BCUT2D eigenvalue weighted by molar-refractivity contribution is 5.80. The predicted molar refractivity (Wildman–Crippen MR) is 81.8 cm³/mol. The van der Waals surface area contributed by atoms with Crippen LogP contribution in [0.1, 0.15) is 36.5 Å². The van der Waals surface area contributed by atoms with Crippen LogP contribution in [0.15, 0.2) is 24.3 Å². The van der Waals surface area contributed by atoms with Crippen molar-refractivity contribution in [3.8, 4) is 0 Å². The summed E-state index contributed by atoms with van der Waals surface area (Å²) in [6.45, 7) is 4.29. The molecule has 0 bridgehead atoms. The fourth-order valence-corrected chi connectivity index (χ4v) is 3.34. The lowest BCUT2D eigenvalue weighted by Crippen LogP contribution is -2.40. The molecule has 2 fully saturated rings. The molecule has 0 unspecified atom stereocenters. The molecule has 114 valence electrons. The Morgan fingerprint density at radius 1 is 1.29 bits per heavy atom. The second-order valence-electron chi connectivity index (χ2n) is 6.28. The van der Waals surface area contributed by atoms with Crippen molar-refractivity contribution >= 4 is 5.91 Å². The zero-order valence-electron chi connectivity index (χ0n) is 12.6. The lowest BCUT2D eigenvalue weighted by Gasteiger charge is -2.33. The van der Waals surface area contributed by atoms with Crippen LogP contribution in [0.2, 0.25) is 0 Å². The molecular formula is C17H24N2O2. The maximum Gasteiger partial charge on any atom is 0.228 e. The van der Waals surface area contributed by atoms with Gasteiger partial charge in [0.2, 0.25) is 5.91 Å². The van der Waals surface area contributed by atoms with Gasteiger partial charge in [0, 0.05) is 25.7 Å². The van der Waals surface area contributed by atoms with Crippen LogP contribution in [-0.4, -0.2) is 36.5 Å². The first-order valence-electron chi connectivity index (χ1n) is 7.87. The van der Waals surface area contributed by atoms with E-state index in [0.717, 1.165) is 38.0 Å². The van der Waals surface area contributed by atoms with Gasteiger partial charge in [0.25, 0.3) is 0 Å². The van der Waals surface area contributed by atoms with Crippen LogP contribution in [-0.2, 0) is 9.53 Å². The number of hydrogen-bond acceptors (Lipinski definition) is 3. The predicted octanol–water partition coefficient (Wildman–Crippen LogP) is 2.02. The first-order valence-corrected chi connectivity index (χ1v) is 7.87.